The number of halogens is 2. The average molecular weight is 298 g/mol. The van der Waals surface area contributed by atoms with E-state index in [9.17, 15) is 9.50 Å². The van der Waals surface area contributed by atoms with Crippen LogP contribution in [0.5, 0.6) is 17.2 Å². The molecule has 0 aliphatic carbocycles. The summed E-state index contributed by atoms with van der Waals surface area (Å²) in [5.41, 5.74) is 0.987. The number of hydrogen-bond acceptors (Lipinski definition) is 4. The Kier molecular flexibility index (Phi) is 4.20. The van der Waals surface area contributed by atoms with E-state index in [4.69, 9.17) is 21.4 Å². The molecule has 0 saturated heterocycles. The van der Waals surface area contributed by atoms with Gasteiger partial charge in [-0.15, -0.1) is 0 Å². The molecule has 0 atom stereocenters. The zero-order chi connectivity index (χ0) is 14.7. The van der Waals surface area contributed by atoms with Crippen molar-refractivity contribution >= 4 is 17.3 Å². The molecular weight excluding hydrogens is 285 g/mol. The van der Waals surface area contributed by atoms with Crippen molar-refractivity contribution in [3.8, 4) is 17.2 Å². The maximum Gasteiger partial charge on any atom is 0.166 e. The molecule has 106 valence electrons. The fourth-order valence-electron chi connectivity index (χ4n) is 1.73. The van der Waals surface area contributed by atoms with Gasteiger partial charge in [0, 0.05) is 35.0 Å². The lowest BCUT2D eigenvalue weighted by Crippen LogP contribution is -2.01. The first-order valence-corrected chi connectivity index (χ1v) is 6.17. The lowest BCUT2D eigenvalue weighted by Gasteiger charge is -2.12. The van der Waals surface area contributed by atoms with Gasteiger partial charge in [0.15, 0.2) is 23.1 Å². The lowest BCUT2D eigenvalue weighted by molar-refractivity contribution is 0.371. The van der Waals surface area contributed by atoms with E-state index >= 15 is 0 Å². The second-order valence-electron chi connectivity index (χ2n) is 4.14. The first-order valence-electron chi connectivity index (χ1n) is 5.79. The Labute approximate surface area is 120 Å². The van der Waals surface area contributed by atoms with Crippen LogP contribution in [0.4, 0.5) is 10.1 Å². The van der Waals surface area contributed by atoms with Gasteiger partial charge in [-0.05, 0) is 18.2 Å². The molecule has 2 rings (SSSR count). The second kappa shape index (κ2) is 5.88. The molecule has 0 aliphatic rings. The summed E-state index contributed by atoms with van der Waals surface area (Å²) in [5, 5.41) is 22.4. The van der Waals surface area contributed by atoms with Crippen molar-refractivity contribution in [1.29, 1.82) is 0 Å². The highest BCUT2D eigenvalue weighted by molar-refractivity contribution is 6.30. The molecule has 0 heterocycles. The van der Waals surface area contributed by atoms with Gasteiger partial charge in [-0.25, -0.2) is 4.39 Å². The Bertz CT molecular complexity index is 634. The minimum absolute atomic E-state index is 0.0244. The van der Waals surface area contributed by atoms with E-state index in [1.807, 2.05) is 0 Å². The standard InChI is InChI=1S/C14H13ClFNO3/c1-20-13-5-9(15)4-8(14(13)19)7-17-10-2-3-12(18)11(16)6-10/h2-6,17-19H,7H2,1H3. The quantitative estimate of drug-likeness (QED) is 0.756. The van der Waals surface area contributed by atoms with Crippen molar-refractivity contribution in [2.45, 2.75) is 6.54 Å². The van der Waals surface area contributed by atoms with Crippen LogP contribution >= 0.6 is 11.6 Å². The number of rotatable bonds is 4. The monoisotopic (exact) mass is 297 g/mol. The van der Waals surface area contributed by atoms with Crippen LogP contribution in [0.15, 0.2) is 30.3 Å². The highest BCUT2D eigenvalue weighted by Gasteiger charge is 2.10. The summed E-state index contributed by atoms with van der Waals surface area (Å²) in [6.07, 6.45) is 0. The molecule has 0 saturated carbocycles. The van der Waals surface area contributed by atoms with Crippen LogP contribution in [0.3, 0.4) is 0 Å². The molecule has 2 aromatic rings. The summed E-state index contributed by atoms with van der Waals surface area (Å²) in [7, 11) is 1.43. The third kappa shape index (κ3) is 3.05. The van der Waals surface area contributed by atoms with Gasteiger partial charge in [0.2, 0.25) is 0 Å². The Balaban J connectivity index is 2.18. The number of phenolic OH excluding ortho intramolecular Hbond substituents is 2. The Morgan fingerprint density at radius 1 is 1.25 bits per heavy atom. The van der Waals surface area contributed by atoms with Crippen LogP contribution in [-0.2, 0) is 6.54 Å². The molecule has 0 bridgehead atoms. The molecule has 4 nitrogen and oxygen atoms in total. The van der Waals surface area contributed by atoms with Crippen LogP contribution in [0, 0.1) is 5.82 Å². The number of hydrogen-bond donors (Lipinski definition) is 3. The van der Waals surface area contributed by atoms with Gasteiger partial charge >= 0.3 is 0 Å². The number of ether oxygens (including phenoxy) is 1. The third-order valence-corrected chi connectivity index (χ3v) is 2.99. The summed E-state index contributed by atoms with van der Waals surface area (Å²) in [5.74, 6) is -0.888. The highest BCUT2D eigenvalue weighted by atomic mass is 35.5. The summed E-state index contributed by atoms with van der Waals surface area (Å²) in [4.78, 5) is 0. The number of methoxy groups -OCH3 is 1. The van der Waals surface area contributed by atoms with E-state index in [0.717, 1.165) is 6.07 Å². The molecule has 0 unspecified atom stereocenters. The molecule has 0 spiro atoms. The maximum atomic E-state index is 13.2. The van der Waals surface area contributed by atoms with Gasteiger partial charge in [-0.3, -0.25) is 0 Å². The van der Waals surface area contributed by atoms with Gasteiger partial charge in [0.25, 0.3) is 0 Å². The van der Waals surface area contributed by atoms with Crippen LogP contribution < -0.4 is 10.1 Å². The molecule has 0 amide bonds. The van der Waals surface area contributed by atoms with Crippen molar-refractivity contribution in [3.63, 3.8) is 0 Å². The van der Waals surface area contributed by atoms with E-state index in [1.54, 1.807) is 6.07 Å². The van der Waals surface area contributed by atoms with E-state index in [1.165, 1.54) is 25.3 Å². The molecule has 0 aromatic heterocycles. The van der Waals surface area contributed by atoms with Crippen molar-refractivity contribution in [2.24, 2.45) is 0 Å². The minimum Gasteiger partial charge on any atom is -0.505 e. The van der Waals surface area contributed by atoms with Crippen LogP contribution in [0.1, 0.15) is 5.56 Å². The number of phenols is 2. The Morgan fingerprint density at radius 3 is 2.65 bits per heavy atom. The maximum absolute atomic E-state index is 13.2. The van der Waals surface area contributed by atoms with Crippen LogP contribution in [-0.4, -0.2) is 17.3 Å². The minimum atomic E-state index is -0.720. The molecule has 0 radical (unpaired) electrons. The first-order chi connectivity index (χ1) is 9.51. The predicted molar refractivity (Wildman–Crippen MR) is 75.1 cm³/mol. The number of anilines is 1. The van der Waals surface area contributed by atoms with Gasteiger partial charge in [0.1, 0.15) is 0 Å². The highest BCUT2D eigenvalue weighted by Crippen LogP contribution is 2.33. The Hall–Kier alpha value is -2.14. The summed E-state index contributed by atoms with van der Waals surface area (Å²) in [6.45, 7) is 0.229. The molecule has 2 aromatic carbocycles. The molecule has 0 aliphatic heterocycles. The average Bonchev–Trinajstić information content (AvgIpc) is 2.43. The van der Waals surface area contributed by atoms with Gasteiger partial charge in [-0.1, -0.05) is 11.6 Å². The van der Waals surface area contributed by atoms with Gasteiger partial charge < -0.3 is 20.3 Å². The second-order valence-corrected chi connectivity index (χ2v) is 4.57. The fourth-order valence-corrected chi connectivity index (χ4v) is 1.96. The van der Waals surface area contributed by atoms with Crippen LogP contribution in [0.25, 0.3) is 0 Å². The smallest absolute Gasteiger partial charge is 0.166 e. The summed E-state index contributed by atoms with van der Waals surface area (Å²) < 4.78 is 18.2. The van der Waals surface area contributed by atoms with Gasteiger partial charge in [0.05, 0.1) is 7.11 Å². The van der Waals surface area contributed by atoms with Crippen LogP contribution in [0.2, 0.25) is 5.02 Å². The first kappa shape index (κ1) is 14.3. The third-order valence-electron chi connectivity index (χ3n) is 2.77. The molecule has 20 heavy (non-hydrogen) atoms. The largest absolute Gasteiger partial charge is 0.505 e. The molecular formula is C14H13ClFNO3. The topological polar surface area (TPSA) is 61.7 Å². The van der Waals surface area contributed by atoms with E-state index in [0.29, 0.717) is 16.3 Å². The lowest BCUT2D eigenvalue weighted by atomic mass is 10.1. The molecule has 0 fully saturated rings. The van der Waals surface area contributed by atoms with Crippen molar-refractivity contribution in [1.82, 2.24) is 0 Å². The zero-order valence-corrected chi connectivity index (χ0v) is 11.4. The van der Waals surface area contributed by atoms with E-state index in [2.05, 4.69) is 5.32 Å². The number of nitrogens with one attached hydrogen (secondary N) is 1. The molecule has 3 N–H and O–H groups in total. The zero-order valence-electron chi connectivity index (χ0n) is 10.7. The van der Waals surface area contributed by atoms with E-state index in [-0.39, 0.29) is 18.0 Å². The van der Waals surface area contributed by atoms with Crippen molar-refractivity contribution < 1.29 is 19.3 Å². The predicted octanol–water partition coefficient (Wildman–Crippen LogP) is 3.51. The number of aromatic hydroxyl groups is 2. The fraction of sp³-hybridized carbons (Fsp3) is 0.143. The van der Waals surface area contributed by atoms with Crippen molar-refractivity contribution in [2.75, 3.05) is 12.4 Å². The SMILES string of the molecule is COc1cc(Cl)cc(CNc2ccc(O)c(F)c2)c1O. The Morgan fingerprint density at radius 2 is 2.00 bits per heavy atom. The summed E-state index contributed by atoms with van der Waals surface area (Å²) >= 11 is 5.92. The molecule has 6 heteroatoms. The van der Waals surface area contributed by atoms with E-state index < -0.39 is 11.6 Å². The van der Waals surface area contributed by atoms with Gasteiger partial charge in [-0.2, -0.15) is 0 Å². The summed E-state index contributed by atoms with van der Waals surface area (Å²) in [6, 6.07) is 7.02. The number of benzene rings is 2. The van der Waals surface area contributed by atoms with Crippen molar-refractivity contribution in [3.05, 3.63) is 46.7 Å². The normalized spacial score (nSPS) is 10.3.